The van der Waals surface area contributed by atoms with Crippen molar-refractivity contribution in [2.75, 3.05) is 41.0 Å². The number of nitrogens with zero attached hydrogens (tertiary/aromatic N) is 1. The fourth-order valence-electron chi connectivity index (χ4n) is 6.00. The van der Waals surface area contributed by atoms with Crippen LogP contribution in [0.5, 0.6) is 0 Å². The van der Waals surface area contributed by atoms with Crippen LogP contribution in [0.4, 0.5) is 0 Å². The molecule has 0 radical (unpaired) electrons. The second-order valence-electron chi connectivity index (χ2n) is 15.6. The highest BCUT2D eigenvalue weighted by molar-refractivity contribution is 5.72. The minimum Gasteiger partial charge on any atom is -0.477 e. The molecule has 0 aromatic heterocycles. The van der Waals surface area contributed by atoms with Gasteiger partial charge in [0.15, 0.2) is 12.1 Å². The van der Waals surface area contributed by atoms with Gasteiger partial charge in [0.1, 0.15) is 6.61 Å². The topological polar surface area (TPSA) is 99.1 Å². The molecule has 0 spiro atoms. The number of hydrogen-bond acceptors (Lipinski definition) is 6. The van der Waals surface area contributed by atoms with E-state index in [1.54, 1.807) is 0 Å². The fraction of sp³-hybridized carbons (Fsp3) is 0.723. The Morgan fingerprint density at radius 2 is 1.02 bits per heavy atom. The highest BCUT2D eigenvalue weighted by atomic mass is 16.6. The molecule has 55 heavy (non-hydrogen) atoms. The van der Waals surface area contributed by atoms with Crippen molar-refractivity contribution in [2.24, 2.45) is 0 Å². The number of allylic oxidation sites excluding steroid dienone is 10. The van der Waals surface area contributed by atoms with Crippen molar-refractivity contribution >= 4 is 17.9 Å². The molecule has 0 amide bonds. The number of unbranched alkanes of at least 4 members (excludes halogenated alkanes) is 14. The van der Waals surface area contributed by atoms with Crippen LogP contribution in [0.25, 0.3) is 0 Å². The minimum absolute atomic E-state index is 0.0521. The maximum absolute atomic E-state index is 12.7. The molecule has 0 fully saturated rings. The molecule has 8 heteroatoms. The van der Waals surface area contributed by atoms with Crippen molar-refractivity contribution in [1.29, 1.82) is 0 Å². The molecule has 2 unspecified atom stereocenters. The molecule has 2 atom stereocenters. The number of rotatable bonds is 38. The second-order valence-corrected chi connectivity index (χ2v) is 15.6. The maximum Gasteiger partial charge on any atom is 0.362 e. The van der Waals surface area contributed by atoms with E-state index in [0.29, 0.717) is 19.3 Å². The highest BCUT2D eigenvalue weighted by Crippen LogP contribution is 2.13. The molecule has 8 nitrogen and oxygen atoms in total. The fourth-order valence-corrected chi connectivity index (χ4v) is 6.00. The van der Waals surface area contributed by atoms with Crippen LogP contribution in [0, 0.1) is 0 Å². The molecule has 0 saturated carbocycles. The van der Waals surface area contributed by atoms with Gasteiger partial charge in [-0.25, -0.2) is 4.79 Å². The third-order valence-corrected chi connectivity index (χ3v) is 9.40. The van der Waals surface area contributed by atoms with Gasteiger partial charge in [0.25, 0.3) is 0 Å². The Balaban J connectivity index is 4.32. The lowest BCUT2D eigenvalue weighted by Gasteiger charge is -2.31. The second kappa shape index (κ2) is 37.9. The smallest absolute Gasteiger partial charge is 0.362 e. The number of esters is 2. The third-order valence-electron chi connectivity index (χ3n) is 9.40. The van der Waals surface area contributed by atoms with Gasteiger partial charge < -0.3 is 23.8 Å². The number of hydrogen-bond donors (Lipinski definition) is 1. The van der Waals surface area contributed by atoms with Crippen molar-refractivity contribution in [3.8, 4) is 0 Å². The van der Waals surface area contributed by atoms with Crippen LogP contribution in [0.15, 0.2) is 60.8 Å². The third kappa shape index (κ3) is 36.4. The Morgan fingerprint density at radius 3 is 1.53 bits per heavy atom. The zero-order valence-corrected chi connectivity index (χ0v) is 35.9. The number of ether oxygens (including phenoxy) is 3. The minimum atomic E-state index is -0.880. The molecule has 1 N–H and O–H groups in total. The van der Waals surface area contributed by atoms with E-state index in [9.17, 15) is 19.5 Å². The SMILES string of the molecule is CC/C=C/C/C=C/C/C=C/C/C=C/CCCCCCCCCC(=O)OCC(COCCC(C(=O)O)[N+](C)(C)C)OC(=O)CCCCCCC/C=C/CCCC. The first kappa shape index (κ1) is 52.0. The zero-order valence-electron chi connectivity index (χ0n) is 35.9. The Hall–Kier alpha value is -2.97. The monoisotopic (exact) mass is 773 g/mol. The zero-order chi connectivity index (χ0) is 40.7. The van der Waals surface area contributed by atoms with E-state index in [-0.39, 0.29) is 36.2 Å². The van der Waals surface area contributed by atoms with E-state index in [1.165, 1.54) is 44.9 Å². The van der Waals surface area contributed by atoms with Gasteiger partial charge >= 0.3 is 17.9 Å². The van der Waals surface area contributed by atoms with E-state index in [1.807, 2.05) is 21.1 Å². The van der Waals surface area contributed by atoms with Crippen LogP contribution >= 0.6 is 0 Å². The summed E-state index contributed by atoms with van der Waals surface area (Å²) in [5, 5.41) is 9.61. The first-order valence-electron chi connectivity index (χ1n) is 21.8. The average molecular weight is 773 g/mol. The predicted molar refractivity (Wildman–Crippen MR) is 229 cm³/mol. The van der Waals surface area contributed by atoms with Gasteiger partial charge in [-0.05, 0) is 70.6 Å². The molecule has 316 valence electrons. The number of aliphatic carboxylic acids is 1. The molecule has 0 heterocycles. The van der Waals surface area contributed by atoms with Crippen LogP contribution in [0.1, 0.15) is 168 Å². The van der Waals surface area contributed by atoms with Crippen molar-refractivity contribution in [2.45, 2.75) is 180 Å². The number of carboxylic acids is 1. The molecule has 0 saturated heterocycles. The summed E-state index contributed by atoms with van der Waals surface area (Å²) in [6, 6.07) is -0.619. The van der Waals surface area contributed by atoms with Crippen molar-refractivity contribution in [3.05, 3.63) is 60.8 Å². The molecule has 0 rings (SSSR count). The Bertz CT molecular complexity index is 1090. The van der Waals surface area contributed by atoms with Crippen molar-refractivity contribution in [1.82, 2.24) is 0 Å². The van der Waals surface area contributed by atoms with E-state index in [2.05, 4.69) is 74.6 Å². The normalized spacial score (nSPS) is 13.5. The van der Waals surface area contributed by atoms with E-state index in [0.717, 1.165) is 89.9 Å². The molecule has 0 bridgehead atoms. The van der Waals surface area contributed by atoms with Crippen LogP contribution in [-0.2, 0) is 28.6 Å². The van der Waals surface area contributed by atoms with E-state index >= 15 is 0 Å². The summed E-state index contributed by atoms with van der Waals surface area (Å²) in [5.74, 6) is -1.50. The number of carboxylic acid groups (broad SMARTS) is 1. The van der Waals surface area contributed by atoms with Crippen LogP contribution in [0.2, 0.25) is 0 Å². The summed E-state index contributed by atoms with van der Waals surface area (Å²) in [6.07, 6.45) is 45.5. The number of quaternary nitrogens is 1. The molecule has 0 aromatic rings. The predicted octanol–water partition coefficient (Wildman–Crippen LogP) is 11.8. The van der Waals surface area contributed by atoms with Crippen LogP contribution < -0.4 is 0 Å². The van der Waals surface area contributed by atoms with E-state index < -0.39 is 18.1 Å². The Labute approximate surface area is 337 Å². The van der Waals surface area contributed by atoms with Crippen molar-refractivity contribution < 1.29 is 38.2 Å². The van der Waals surface area contributed by atoms with Crippen LogP contribution in [0.3, 0.4) is 0 Å². The summed E-state index contributed by atoms with van der Waals surface area (Å²) < 4.78 is 17.2. The van der Waals surface area contributed by atoms with Gasteiger partial charge in [-0.2, -0.15) is 0 Å². The molecular formula is C47H82NO7+. The largest absolute Gasteiger partial charge is 0.477 e. The average Bonchev–Trinajstić information content (AvgIpc) is 3.14. The molecule has 0 aliphatic carbocycles. The number of carbonyl (C=O) groups is 3. The standard InChI is InChI=1S/C47H81NO7/c1-6-8-10-12-14-16-18-19-20-21-22-23-24-25-26-28-29-31-33-35-37-45(49)54-42-43(41-53-40-39-44(47(51)52)48(3,4)5)55-46(50)38-36-34-32-30-27-17-15-13-11-9-7-2/h8,10,13-16,19-20,22-23,43-44H,6-7,9,11-12,17-18,21,24-42H2,1-5H3/p+1/b10-8+,15-13+,16-14+,20-19+,23-22+. The lowest BCUT2D eigenvalue weighted by atomic mass is 10.1. The first-order chi connectivity index (χ1) is 26.6. The summed E-state index contributed by atoms with van der Waals surface area (Å²) in [4.78, 5) is 36.9. The molecule has 0 aliphatic heterocycles. The van der Waals surface area contributed by atoms with Crippen molar-refractivity contribution in [3.63, 3.8) is 0 Å². The van der Waals surface area contributed by atoms with Gasteiger partial charge in [-0.15, -0.1) is 0 Å². The Kier molecular flexibility index (Phi) is 35.9. The van der Waals surface area contributed by atoms with Crippen LogP contribution in [-0.4, -0.2) is 80.6 Å². The van der Waals surface area contributed by atoms with Gasteiger partial charge in [0.05, 0.1) is 34.4 Å². The maximum atomic E-state index is 12.7. The molecule has 0 aliphatic rings. The first-order valence-corrected chi connectivity index (χ1v) is 21.8. The van der Waals surface area contributed by atoms with Gasteiger partial charge in [-0.3, -0.25) is 9.59 Å². The van der Waals surface area contributed by atoms with Gasteiger partial charge in [0, 0.05) is 19.3 Å². The number of carbonyl (C=O) groups excluding carboxylic acids is 2. The Morgan fingerprint density at radius 1 is 0.564 bits per heavy atom. The summed E-state index contributed by atoms with van der Waals surface area (Å²) in [5.41, 5.74) is 0. The number of likely N-dealkylation sites (N-methyl/N-ethyl adjacent to an activating group) is 1. The summed E-state index contributed by atoms with van der Waals surface area (Å²) in [6.45, 7) is 4.55. The molecular weight excluding hydrogens is 691 g/mol. The lowest BCUT2D eigenvalue weighted by Crippen LogP contribution is -2.50. The summed E-state index contributed by atoms with van der Waals surface area (Å²) >= 11 is 0. The van der Waals surface area contributed by atoms with Gasteiger partial charge in [0.2, 0.25) is 0 Å². The van der Waals surface area contributed by atoms with E-state index in [4.69, 9.17) is 14.2 Å². The lowest BCUT2D eigenvalue weighted by molar-refractivity contribution is -0.887. The quantitative estimate of drug-likeness (QED) is 0.0289. The summed E-state index contributed by atoms with van der Waals surface area (Å²) in [7, 11) is 5.51. The highest BCUT2D eigenvalue weighted by Gasteiger charge is 2.31. The molecule has 0 aromatic carbocycles. The van der Waals surface area contributed by atoms with Gasteiger partial charge in [-0.1, -0.05) is 139 Å².